The van der Waals surface area contributed by atoms with Crippen LogP contribution in [0.25, 0.3) is 22.1 Å². The van der Waals surface area contributed by atoms with E-state index < -0.39 is 17.6 Å². The van der Waals surface area contributed by atoms with Crippen LogP contribution in [0, 0.1) is 6.92 Å². The Morgan fingerprint density at radius 2 is 1.91 bits per heavy atom. The summed E-state index contributed by atoms with van der Waals surface area (Å²) < 4.78 is 32.6. The number of benzene rings is 2. The lowest BCUT2D eigenvalue weighted by Crippen LogP contribution is -2.10. The fourth-order valence-corrected chi connectivity index (χ4v) is 2.87. The van der Waals surface area contributed by atoms with Crippen LogP contribution in [0.2, 0.25) is 0 Å². The molecule has 0 aliphatic carbocycles. The number of halogens is 3. The van der Waals surface area contributed by atoms with Crippen LogP contribution in [0.15, 0.2) is 56.1 Å². The topological polar surface area (TPSA) is 30.2 Å². The molecule has 112 valence electrons. The molecular formula is C17H11BrF2O2. The van der Waals surface area contributed by atoms with Crippen LogP contribution in [0.4, 0.5) is 8.78 Å². The zero-order chi connectivity index (χ0) is 15.9. The first-order valence-electron chi connectivity index (χ1n) is 6.59. The highest BCUT2D eigenvalue weighted by Crippen LogP contribution is 2.36. The molecule has 1 heterocycles. The van der Waals surface area contributed by atoms with Crippen molar-refractivity contribution in [2.24, 2.45) is 0 Å². The van der Waals surface area contributed by atoms with Gasteiger partial charge in [0.15, 0.2) is 0 Å². The van der Waals surface area contributed by atoms with E-state index in [9.17, 15) is 13.6 Å². The lowest BCUT2D eigenvalue weighted by Gasteiger charge is -2.12. The van der Waals surface area contributed by atoms with Crippen LogP contribution >= 0.6 is 15.9 Å². The van der Waals surface area contributed by atoms with Gasteiger partial charge in [0.05, 0.1) is 0 Å². The highest BCUT2D eigenvalue weighted by atomic mass is 79.9. The minimum absolute atomic E-state index is 0.225. The maximum atomic E-state index is 13.4. The molecule has 0 bridgehead atoms. The second-order valence-electron chi connectivity index (χ2n) is 4.99. The van der Waals surface area contributed by atoms with Gasteiger partial charge in [-0.25, -0.2) is 13.6 Å². The number of hydrogen-bond donors (Lipinski definition) is 0. The maximum absolute atomic E-state index is 13.4. The minimum Gasteiger partial charge on any atom is -0.422 e. The molecule has 3 aromatic rings. The Kier molecular flexibility index (Phi) is 3.83. The second kappa shape index (κ2) is 5.65. The first-order valence-corrected chi connectivity index (χ1v) is 7.38. The highest BCUT2D eigenvalue weighted by molar-refractivity contribution is 9.10. The zero-order valence-corrected chi connectivity index (χ0v) is 13.2. The average Bonchev–Trinajstić information content (AvgIpc) is 2.45. The first-order chi connectivity index (χ1) is 10.5. The Balaban J connectivity index is 2.48. The molecule has 0 radical (unpaired) electrons. The van der Waals surface area contributed by atoms with Crippen molar-refractivity contribution < 1.29 is 13.2 Å². The number of alkyl halides is 2. The van der Waals surface area contributed by atoms with Crippen LogP contribution in [-0.4, -0.2) is 0 Å². The molecule has 0 amide bonds. The molecule has 5 heteroatoms. The van der Waals surface area contributed by atoms with E-state index >= 15 is 0 Å². The van der Waals surface area contributed by atoms with Crippen LogP contribution in [-0.2, 0) is 0 Å². The van der Waals surface area contributed by atoms with Crippen LogP contribution in [0.1, 0.15) is 17.6 Å². The average molecular weight is 365 g/mol. The predicted molar refractivity (Wildman–Crippen MR) is 85.3 cm³/mol. The van der Waals surface area contributed by atoms with Gasteiger partial charge in [-0.2, -0.15) is 0 Å². The molecule has 0 atom stereocenters. The summed E-state index contributed by atoms with van der Waals surface area (Å²) in [5, 5.41) is 0.499. The normalized spacial score (nSPS) is 11.3. The molecule has 2 nitrogen and oxygen atoms in total. The van der Waals surface area contributed by atoms with Crippen LogP contribution < -0.4 is 5.63 Å². The lowest BCUT2D eigenvalue weighted by atomic mass is 9.96. The highest BCUT2D eigenvalue weighted by Gasteiger charge is 2.23. The molecule has 0 spiro atoms. The maximum Gasteiger partial charge on any atom is 0.345 e. The number of rotatable bonds is 2. The van der Waals surface area contributed by atoms with Gasteiger partial charge in [-0.15, -0.1) is 0 Å². The third-order valence-electron chi connectivity index (χ3n) is 3.43. The van der Waals surface area contributed by atoms with E-state index in [1.165, 1.54) is 0 Å². The van der Waals surface area contributed by atoms with E-state index in [0.29, 0.717) is 16.5 Å². The standard InChI is InChI=1S/C17H11BrF2O2/c1-9-5-6-12-13(7-9)22-17(21)15(16(19)20)14(12)10-3-2-4-11(18)8-10/h2-8,16H,1H3. The van der Waals surface area contributed by atoms with E-state index in [1.807, 2.05) is 6.92 Å². The minimum atomic E-state index is -2.91. The summed E-state index contributed by atoms with van der Waals surface area (Å²) in [5.41, 5.74) is 0.372. The Labute approximate surface area is 133 Å². The summed E-state index contributed by atoms with van der Waals surface area (Å²) >= 11 is 3.33. The third-order valence-corrected chi connectivity index (χ3v) is 3.92. The smallest absolute Gasteiger partial charge is 0.345 e. The summed E-state index contributed by atoms with van der Waals surface area (Å²) in [4.78, 5) is 12.0. The molecule has 0 saturated heterocycles. The molecule has 3 rings (SSSR count). The molecule has 0 aliphatic rings. The molecule has 0 saturated carbocycles. The molecule has 0 fully saturated rings. The van der Waals surface area contributed by atoms with Crippen molar-refractivity contribution in [3.8, 4) is 11.1 Å². The Morgan fingerprint density at radius 3 is 2.59 bits per heavy atom. The predicted octanol–water partition coefficient (Wildman–Crippen LogP) is 5.47. The van der Waals surface area contributed by atoms with Crippen molar-refractivity contribution in [2.45, 2.75) is 13.3 Å². The molecule has 22 heavy (non-hydrogen) atoms. The van der Waals surface area contributed by atoms with Crippen molar-refractivity contribution in [3.05, 3.63) is 68.5 Å². The lowest BCUT2D eigenvalue weighted by molar-refractivity contribution is 0.147. The fourth-order valence-electron chi connectivity index (χ4n) is 2.48. The van der Waals surface area contributed by atoms with Gasteiger partial charge < -0.3 is 4.42 Å². The van der Waals surface area contributed by atoms with Crippen molar-refractivity contribution in [1.82, 2.24) is 0 Å². The Bertz CT molecular complexity index is 916. The quantitative estimate of drug-likeness (QED) is 0.564. The SMILES string of the molecule is Cc1ccc2c(-c3cccc(Br)c3)c(C(F)F)c(=O)oc2c1. The van der Waals surface area contributed by atoms with Crippen LogP contribution in [0.3, 0.4) is 0 Å². The summed E-state index contributed by atoms with van der Waals surface area (Å²) in [6.07, 6.45) is -2.91. The largest absolute Gasteiger partial charge is 0.422 e. The number of fused-ring (bicyclic) bond motifs is 1. The summed E-state index contributed by atoms with van der Waals surface area (Å²) in [6, 6.07) is 12.1. The van der Waals surface area contributed by atoms with Gasteiger partial charge in [-0.05, 0) is 36.2 Å². The van der Waals surface area contributed by atoms with Gasteiger partial charge in [0, 0.05) is 15.4 Å². The molecular weight excluding hydrogens is 354 g/mol. The third kappa shape index (κ3) is 2.57. The monoisotopic (exact) mass is 364 g/mol. The van der Waals surface area contributed by atoms with E-state index in [2.05, 4.69) is 15.9 Å². The van der Waals surface area contributed by atoms with Crippen molar-refractivity contribution in [3.63, 3.8) is 0 Å². The van der Waals surface area contributed by atoms with Gasteiger partial charge in [0.25, 0.3) is 6.43 Å². The molecule has 1 aromatic heterocycles. The van der Waals surface area contributed by atoms with Gasteiger partial charge in [-0.1, -0.05) is 40.2 Å². The van der Waals surface area contributed by atoms with Crippen molar-refractivity contribution in [2.75, 3.05) is 0 Å². The summed E-state index contributed by atoms with van der Waals surface area (Å²) in [6.45, 7) is 1.85. The van der Waals surface area contributed by atoms with Gasteiger partial charge in [-0.3, -0.25) is 0 Å². The number of hydrogen-bond acceptors (Lipinski definition) is 2. The fraction of sp³-hybridized carbons (Fsp3) is 0.118. The van der Waals surface area contributed by atoms with Gasteiger partial charge >= 0.3 is 5.63 Å². The van der Waals surface area contributed by atoms with Gasteiger partial charge in [0.2, 0.25) is 0 Å². The Hall–Kier alpha value is -2.01. The van der Waals surface area contributed by atoms with E-state index in [0.717, 1.165) is 10.0 Å². The van der Waals surface area contributed by atoms with Crippen LogP contribution in [0.5, 0.6) is 0 Å². The van der Waals surface area contributed by atoms with E-state index in [-0.39, 0.29) is 5.56 Å². The first kappa shape index (κ1) is 14.9. The number of aryl methyl sites for hydroxylation is 1. The molecule has 0 aliphatic heterocycles. The zero-order valence-electron chi connectivity index (χ0n) is 11.6. The van der Waals surface area contributed by atoms with E-state index in [4.69, 9.17) is 4.42 Å². The van der Waals surface area contributed by atoms with Gasteiger partial charge in [0.1, 0.15) is 11.1 Å². The molecule has 2 aromatic carbocycles. The molecule has 0 N–H and O–H groups in total. The van der Waals surface area contributed by atoms with Crippen molar-refractivity contribution in [1.29, 1.82) is 0 Å². The van der Waals surface area contributed by atoms with Crippen molar-refractivity contribution >= 4 is 26.9 Å². The Morgan fingerprint density at radius 1 is 1.14 bits per heavy atom. The molecule has 0 unspecified atom stereocenters. The summed E-state index contributed by atoms with van der Waals surface area (Å²) in [7, 11) is 0. The summed E-state index contributed by atoms with van der Waals surface area (Å²) in [5.74, 6) is 0. The second-order valence-corrected chi connectivity index (χ2v) is 5.90. The van der Waals surface area contributed by atoms with E-state index in [1.54, 1.807) is 42.5 Å².